The number of rotatable bonds is 8. The average molecular weight is 465 g/mol. The Morgan fingerprint density at radius 3 is 2.47 bits per heavy atom. The number of anilines is 1. The number of amides is 2. The smallest absolute Gasteiger partial charge is 0.231 e. The van der Waals surface area contributed by atoms with Gasteiger partial charge in [0.15, 0.2) is 11.5 Å². The molecule has 2 saturated heterocycles. The van der Waals surface area contributed by atoms with Gasteiger partial charge in [-0.3, -0.25) is 9.59 Å². The molecule has 2 aromatic carbocycles. The lowest BCUT2D eigenvalue weighted by molar-refractivity contribution is -0.135. The Kier molecular flexibility index (Phi) is 5.69. The van der Waals surface area contributed by atoms with E-state index in [0.29, 0.717) is 36.0 Å². The first-order valence-electron chi connectivity index (χ1n) is 11.3. The number of carbonyl (C=O) groups is 2. The van der Waals surface area contributed by atoms with Gasteiger partial charge in [0, 0.05) is 24.4 Å². The van der Waals surface area contributed by atoms with Crippen molar-refractivity contribution >= 4 is 17.5 Å². The molecule has 0 aliphatic carbocycles. The van der Waals surface area contributed by atoms with Gasteiger partial charge in [-0.15, -0.1) is 0 Å². The number of nitrogens with zero attached hydrogens (tertiary/aromatic N) is 1. The highest BCUT2D eigenvalue weighted by Gasteiger charge is 2.66. The maximum absolute atomic E-state index is 13.4. The van der Waals surface area contributed by atoms with Crippen LogP contribution in [-0.4, -0.2) is 62.8 Å². The van der Waals surface area contributed by atoms with E-state index in [0.717, 1.165) is 6.42 Å². The molecule has 3 aliphatic heterocycles. The van der Waals surface area contributed by atoms with Crippen LogP contribution in [0.15, 0.2) is 54.6 Å². The van der Waals surface area contributed by atoms with Crippen molar-refractivity contribution < 1.29 is 28.5 Å². The molecule has 2 aromatic rings. The Bertz CT molecular complexity index is 1110. The fraction of sp³-hybridized carbons (Fsp3) is 0.385. The highest BCUT2D eigenvalue weighted by Crippen LogP contribution is 2.52. The van der Waals surface area contributed by atoms with Gasteiger partial charge >= 0.3 is 0 Å². The van der Waals surface area contributed by atoms with Crippen LogP contribution < -0.4 is 19.5 Å². The second-order valence-corrected chi connectivity index (χ2v) is 8.80. The van der Waals surface area contributed by atoms with Crippen molar-refractivity contribution in [3.8, 4) is 17.2 Å². The monoisotopic (exact) mass is 464 g/mol. The molecule has 1 N–H and O–H groups in total. The largest absolute Gasteiger partial charge is 0.493 e. The lowest BCUT2D eigenvalue weighted by Crippen LogP contribution is -2.41. The fourth-order valence-electron chi connectivity index (χ4n) is 5.35. The number of fused-ring (bicyclic) bond motifs is 1. The highest BCUT2D eigenvalue weighted by molar-refractivity contribution is 5.99. The molecule has 0 radical (unpaired) electrons. The number of carbonyl (C=O) groups excluding carboxylic acids is 2. The van der Waals surface area contributed by atoms with Crippen molar-refractivity contribution in [1.29, 1.82) is 0 Å². The lowest BCUT2D eigenvalue weighted by Gasteiger charge is -2.24. The number of methoxy groups -OCH3 is 3. The van der Waals surface area contributed by atoms with Crippen LogP contribution >= 0.6 is 0 Å². The van der Waals surface area contributed by atoms with Crippen molar-refractivity contribution in [3.05, 3.63) is 60.2 Å². The standard InChI is InChI=1S/C26H28N2O6/c1-31-19-13-17(14-20(32-2)23(19)33-3)27-24(29)21-18-9-11-26(34-18)15-28(25(30)22(21)26)12-10-16-7-5-4-6-8-16/h4-9,11,13-14,18,21-22H,10,12,15H2,1-3H3,(H,27,29)/t18-,21-,22-,26-/m1/s1. The first-order chi connectivity index (χ1) is 16.5. The van der Waals surface area contributed by atoms with Gasteiger partial charge in [0.25, 0.3) is 0 Å². The summed E-state index contributed by atoms with van der Waals surface area (Å²) in [6.07, 6.45) is 4.20. The van der Waals surface area contributed by atoms with Crippen LogP contribution in [0, 0.1) is 11.8 Å². The number of benzene rings is 2. The summed E-state index contributed by atoms with van der Waals surface area (Å²) in [6, 6.07) is 13.4. The summed E-state index contributed by atoms with van der Waals surface area (Å²) in [6.45, 7) is 1.05. The molecule has 0 aromatic heterocycles. The Balaban J connectivity index is 1.34. The summed E-state index contributed by atoms with van der Waals surface area (Å²) in [7, 11) is 4.55. The van der Waals surface area contributed by atoms with Crippen LogP contribution in [0.25, 0.3) is 0 Å². The van der Waals surface area contributed by atoms with E-state index >= 15 is 0 Å². The number of nitrogens with one attached hydrogen (secondary N) is 1. The molecule has 34 heavy (non-hydrogen) atoms. The summed E-state index contributed by atoms with van der Waals surface area (Å²) in [5, 5.41) is 2.93. The van der Waals surface area contributed by atoms with E-state index in [2.05, 4.69) is 17.4 Å². The van der Waals surface area contributed by atoms with Gasteiger partial charge in [0.1, 0.15) is 5.60 Å². The van der Waals surface area contributed by atoms with Crippen LogP contribution in [0.3, 0.4) is 0 Å². The third-order valence-corrected chi connectivity index (χ3v) is 6.93. The molecule has 4 atom stereocenters. The number of hydrogen-bond acceptors (Lipinski definition) is 6. The minimum atomic E-state index is -0.740. The van der Waals surface area contributed by atoms with E-state index in [4.69, 9.17) is 18.9 Å². The summed E-state index contributed by atoms with van der Waals surface area (Å²) in [4.78, 5) is 28.7. The van der Waals surface area contributed by atoms with Crippen molar-refractivity contribution in [2.24, 2.45) is 11.8 Å². The van der Waals surface area contributed by atoms with Crippen LogP contribution in [-0.2, 0) is 20.7 Å². The summed E-state index contributed by atoms with van der Waals surface area (Å²) in [5.41, 5.74) is 0.921. The van der Waals surface area contributed by atoms with Gasteiger partial charge in [-0.25, -0.2) is 0 Å². The molecule has 178 valence electrons. The zero-order valence-electron chi connectivity index (χ0n) is 19.4. The molecular weight excluding hydrogens is 436 g/mol. The quantitative estimate of drug-likeness (QED) is 0.605. The Hall–Kier alpha value is -3.52. The van der Waals surface area contributed by atoms with Crippen LogP contribution in [0.4, 0.5) is 5.69 Å². The van der Waals surface area contributed by atoms with Crippen LogP contribution in [0.2, 0.25) is 0 Å². The van der Waals surface area contributed by atoms with Crippen LogP contribution in [0.5, 0.6) is 17.2 Å². The van der Waals surface area contributed by atoms with E-state index in [-0.39, 0.29) is 11.8 Å². The molecule has 2 bridgehead atoms. The molecule has 8 heteroatoms. The lowest BCUT2D eigenvalue weighted by atomic mass is 9.77. The van der Waals surface area contributed by atoms with Crippen molar-refractivity contribution in [2.75, 3.05) is 39.7 Å². The van der Waals surface area contributed by atoms with E-state index in [1.54, 1.807) is 12.1 Å². The van der Waals surface area contributed by atoms with Crippen molar-refractivity contribution in [3.63, 3.8) is 0 Å². The molecule has 2 fully saturated rings. The third kappa shape index (κ3) is 3.58. The second-order valence-electron chi connectivity index (χ2n) is 8.80. The molecule has 5 rings (SSSR count). The van der Waals surface area contributed by atoms with Gasteiger partial charge in [0.05, 0.1) is 45.8 Å². The fourth-order valence-corrected chi connectivity index (χ4v) is 5.35. The molecule has 0 saturated carbocycles. The molecule has 1 spiro atoms. The van der Waals surface area contributed by atoms with E-state index in [9.17, 15) is 9.59 Å². The number of ether oxygens (including phenoxy) is 4. The normalized spacial score (nSPS) is 26.5. The first-order valence-corrected chi connectivity index (χ1v) is 11.3. The van der Waals surface area contributed by atoms with Gasteiger partial charge in [-0.1, -0.05) is 42.5 Å². The van der Waals surface area contributed by atoms with Gasteiger partial charge < -0.3 is 29.2 Å². The second kappa shape index (κ2) is 8.68. The molecular formula is C26H28N2O6. The molecule has 3 heterocycles. The Morgan fingerprint density at radius 2 is 1.82 bits per heavy atom. The highest BCUT2D eigenvalue weighted by atomic mass is 16.5. The van der Waals surface area contributed by atoms with Gasteiger partial charge in [-0.05, 0) is 12.0 Å². The van der Waals surface area contributed by atoms with Gasteiger partial charge in [0.2, 0.25) is 17.6 Å². The van der Waals surface area contributed by atoms with E-state index in [1.807, 2.05) is 35.3 Å². The molecule has 8 nitrogen and oxygen atoms in total. The zero-order chi connectivity index (χ0) is 23.9. The number of likely N-dealkylation sites (tertiary alicyclic amines) is 1. The van der Waals surface area contributed by atoms with E-state index in [1.165, 1.54) is 26.9 Å². The van der Waals surface area contributed by atoms with Crippen molar-refractivity contribution in [2.45, 2.75) is 18.1 Å². The van der Waals surface area contributed by atoms with Gasteiger partial charge in [-0.2, -0.15) is 0 Å². The zero-order valence-corrected chi connectivity index (χ0v) is 19.4. The number of hydrogen-bond donors (Lipinski definition) is 1. The average Bonchev–Trinajstić information content (AvgIpc) is 3.50. The summed E-state index contributed by atoms with van der Waals surface area (Å²) < 4.78 is 22.4. The maximum Gasteiger partial charge on any atom is 0.231 e. The van der Waals surface area contributed by atoms with Crippen LogP contribution in [0.1, 0.15) is 5.56 Å². The minimum absolute atomic E-state index is 0.0344. The van der Waals surface area contributed by atoms with E-state index < -0.39 is 23.5 Å². The molecule has 2 amide bonds. The molecule has 3 aliphatic rings. The molecule has 0 unspecified atom stereocenters. The minimum Gasteiger partial charge on any atom is -0.493 e. The maximum atomic E-state index is 13.4. The Morgan fingerprint density at radius 1 is 1.12 bits per heavy atom. The topological polar surface area (TPSA) is 86.3 Å². The Labute approximate surface area is 198 Å². The predicted molar refractivity (Wildman–Crippen MR) is 125 cm³/mol. The predicted octanol–water partition coefficient (Wildman–Crippen LogP) is 2.68. The summed E-state index contributed by atoms with van der Waals surface area (Å²) >= 11 is 0. The first kappa shape index (κ1) is 22.3. The SMILES string of the molecule is COc1cc(NC(=O)[C@@H]2[C@H]3C=C[C@]4(CN(CCc5ccccc5)C(=O)[C@@H]24)O3)cc(OC)c1OC. The van der Waals surface area contributed by atoms with Crippen molar-refractivity contribution in [1.82, 2.24) is 4.90 Å². The summed E-state index contributed by atoms with van der Waals surface area (Å²) in [5.74, 6) is -0.156. The third-order valence-electron chi connectivity index (χ3n) is 6.93.